The summed E-state index contributed by atoms with van der Waals surface area (Å²) < 4.78 is 37.5. The smallest absolute Gasteiger partial charge is 0.335 e. The molecule has 4 bridgehead atoms. The molecular formula is C42H40N4O9S. The molecule has 288 valence electrons. The van der Waals surface area contributed by atoms with Crippen LogP contribution in [0.4, 0.5) is 0 Å². The molecule has 13 nitrogen and oxygen atoms in total. The molecule has 3 saturated heterocycles. The lowest BCUT2D eigenvalue weighted by Crippen LogP contribution is -2.67. The van der Waals surface area contributed by atoms with Crippen molar-refractivity contribution in [1.29, 1.82) is 5.26 Å². The predicted octanol–water partition coefficient (Wildman–Crippen LogP) is 5.47. The molecule has 0 amide bonds. The summed E-state index contributed by atoms with van der Waals surface area (Å²) in [5.41, 5.74) is 3.24. The summed E-state index contributed by atoms with van der Waals surface area (Å²) in [6.45, 7) is 8.06. The Morgan fingerprint density at radius 2 is 1.93 bits per heavy atom. The fourth-order valence-corrected chi connectivity index (χ4v) is 13.2. The Kier molecular flexibility index (Phi) is 6.95. The van der Waals surface area contributed by atoms with Crippen molar-refractivity contribution in [2.45, 2.75) is 80.5 Å². The zero-order chi connectivity index (χ0) is 38.6. The number of hydrogen-bond acceptors (Lipinski definition) is 14. The van der Waals surface area contributed by atoms with Gasteiger partial charge in [-0.3, -0.25) is 19.9 Å². The SMILES string of the molecule is COc1c(C)cc2c(c1O)[C@H]1[C@@H]3[C@@H]4SC[C@]5(NCCc6c5oc5ccccc65)C(=O)OC[C@@H](c5c6c(c(C)c(OC(C)=O)c54)OCO6)N3C3(C#N)CN1C2(C)C3. The molecule has 0 aliphatic carbocycles. The van der Waals surface area contributed by atoms with Crippen molar-refractivity contribution in [2.75, 3.05) is 39.4 Å². The van der Waals surface area contributed by atoms with Crippen LogP contribution in [0.25, 0.3) is 11.0 Å². The maximum Gasteiger partial charge on any atom is 0.335 e. The number of thioether (sulfide) groups is 1. The van der Waals surface area contributed by atoms with Crippen LogP contribution in [0.2, 0.25) is 0 Å². The number of rotatable bonds is 2. The number of nitriles is 1. The number of nitrogens with zero attached hydrogens (tertiary/aromatic N) is 3. The molecule has 0 saturated carbocycles. The second kappa shape index (κ2) is 11.3. The second-order valence-electron chi connectivity index (χ2n) is 16.4. The summed E-state index contributed by atoms with van der Waals surface area (Å²) in [5, 5.41) is 27.6. The van der Waals surface area contributed by atoms with Crippen LogP contribution in [0, 0.1) is 25.2 Å². The Morgan fingerprint density at radius 3 is 2.71 bits per heavy atom. The summed E-state index contributed by atoms with van der Waals surface area (Å²) in [7, 11) is 1.56. The molecule has 1 spiro atoms. The number of carbonyl (C=O) groups excluding carboxylic acids is 2. The fourth-order valence-electron chi connectivity index (χ4n) is 11.6. The summed E-state index contributed by atoms with van der Waals surface area (Å²) >= 11 is 1.53. The Hall–Kier alpha value is -4.94. The molecule has 9 heterocycles. The number of nitrogens with one attached hydrogen (secondary N) is 1. The van der Waals surface area contributed by atoms with Crippen LogP contribution < -0.4 is 24.3 Å². The second-order valence-corrected chi connectivity index (χ2v) is 17.5. The third-order valence-corrected chi connectivity index (χ3v) is 15.1. The molecule has 3 fully saturated rings. The number of fused-ring (bicyclic) bond motifs is 11. The quantitative estimate of drug-likeness (QED) is 0.195. The van der Waals surface area contributed by atoms with Gasteiger partial charge in [0.2, 0.25) is 6.79 Å². The molecule has 56 heavy (non-hydrogen) atoms. The predicted molar refractivity (Wildman–Crippen MR) is 202 cm³/mol. The van der Waals surface area contributed by atoms with Gasteiger partial charge in [-0.05, 0) is 50.5 Å². The highest BCUT2D eigenvalue weighted by Gasteiger charge is 2.72. The molecule has 1 aromatic heterocycles. The van der Waals surface area contributed by atoms with Gasteiger partial charge in [-0.1, -0.05) is 18.2 Å². The number of benzene rings is 3. The van der Waals surface area contributed by atoms with Gasteiger partial charge in [0.25, 0.3) is 0 Å². The van der Waals surface area contributed by atoms with E-state index in [0.29, 0.717) is 71.4 Å². The van der Waals surface area contributed by atoms with Crippen molar-refractivity contribution in [3.05, 3.63) is 75.0 Å². The monoisotopic (exact) mass is 776 g/mol. The Morgan fingerprint density at radius 1 is 1.12 bits per heavy atom. The van der Waals surface area contributed by atoms with Gasteiger partial charge in [-0.15, -0.1) is 11.8 Å². The van der Waals surface area contributed by atoms with Crippen LogP contribution in [-0.2, 0) is 31.8 Å². The number of methoxy groups -OCH3 is 1. The molecule has 14 heteroatoms. The zero-order valence-electron chi connectivity index (χ0n) is 31.6. The van der Waals surface area contributed by atoms with Crippen LogP contribution in [0.1, 0.15) is 82.3 Å². The average molecular weight is 777 g/mol. The number of carbonyl (C=O) groups is 2. The maximum absolute atomic E-state index is 14.9. The molecule has 7 atom stereocenters. The minimum atomic E-state index is -1.35. The number of furan rings is 1. The number of hydrogen-bond donors (Lipinski definition) is 2. The van der Waals surface area contributed by atoms with Crippen molar-refractivity contribution in [3.8, 4) is 34.8 Å². The van der Waals surface area contributed by atoms with Gasteiger partial charge >= 0.3 is 11.9 Å². The van der Waals surface area contributed by atoms with E-state index in [1.54, 1.807) is 7.11 Å². The molecule has 2 unspecified atom stereocenters. The van der Waals surface area contributed by atoms with E-state index in [1.165, 1.54) is 18.7 Å². The lowest BCUT2D eigenvalue weighted by molar-refractivity contribution is -0.157. The van der Waals surface area contributed by atoms with Crippen LogP contribution in [0.5, 0.6) is 28.7 Å². The first kappa shape index (κ1) is 34.3. The van der Waals surface area contributed by atoms with Crippen molar-refractivity contribution < 1.29 is 42.8 Å². The summed E-state index contributed by atoms with van der Waals surface area (Å²) in [6, 6.07) is 11.1. The van der Waals surface area contributed by atoms with E-state index in [1.807, 2.05) is 38.1 Å². The lowest BCUT2D eigenvalue weighted by atomic mass is 9.72. The first-order valence-corrected chi connectivity index (χ1v) is 20.1. The van der Waals surface area contributed by atoms with E-state index in [4.69, 9.17) is 28.1 Å². The number of aryl methyl sites for hydroxylation is 1. The fraction of sp³-hybridized carbons (Fsp3) is 0.452. The number of phenolic OH excluding ortho intramolecular Hbond substituents is 1. The molecular weight excluding hydrogens is 737 g/mol. The molecule has 3 aromatic carbocycles. The van der Waals surface area contributed by atoms with Gasteiger partial charge < -0.3 is 33.2 Å². The molecule has 8 aliphatic heterocycles. The highest BCUT2D eigenvalue weighted by Crippen LogP contribution is 2.71. The van der Waals surface area contributed by atoms with E-state index in [9.17, 15) is 20.0 Å². The van der Waals surface area contributed by atoms with E-state index in [0.717, 1.165) is 33.2 Å². The van der Waals surface area contributed by atoms with E-state index in [2.05, 4.69) is 34.2 Å². The molecule has 4 aromatic rings. The lowest BCUT2D eigenvalue weighted by Gasteiger charge is -2.58. The molecule has 12 rings (SSSR count). The first-order valence-electron chi connectivity index (χ1n) is 19.0. The highest BCUT2D eigenvalue weighted by atomic mass is 32.2. The van der Waals surface area contributed by atoms with Crippen molar-refractivity contribution >= 4 is 34.7 Å². The van der Waals surface area contributed by atoms with E-state index < -0.39 is 51.9 Å². The average Bonchev–Trinajstić information content (AvgIpc) is 3.93. The Labute approximate surface area is 326 Å². The van der Waals surface area contributed by atoms with Gasteiger partial charge in [-0.2, -0.15) is 5.26 Å². The Balaban J connectivity index is 1.20. The largest absolute Gasteiger partial charge is 0.504 e. The summed E-state index contributed by atoms with van der Waals surface area (Å²) in [4.78, 5) is 32.5. The molecule has 2 N–H and O–H groups in total. The minimum Gasteiger partial charge on any atom is -0.504 e. The third-order valence-electron chi connectivity index (χ3n) is 13.6. The highest BCUT2D eigenvalue weighted by molar-refractivity contribution is 7.99. The van der Waals surface area contributed by atoms with Gasteiger partial charge in [-0.25, -0.2) is 4.79 Å². The number of phenols is 1. The normalized spacial score (nSPS) is 32.0. The number of piperazine rings is 1. The zero-order valence-corrected chi connectivity index (χ0v) is 32.4. The van der Waals surface area contributed by atoms with E-state index in [-0.39, 0.29) is 24.9 Å². The third kappa shape index (κ3) is 4.01. The number of esters is 2. The van der Waals surface area contributed by atoms with Crippen LogP contribution in [0.3, 0.4) is 0 Å². The van der Waals surface area contributed by atoms with Crippen molar-refractivity contribution in [1.82, 2.24) is 15.1 Å². The number of ether oxygens (including phenoxy) is 5. The van der Waals surface area contributed by atoms with Crippen molar-refractivity contribution in [2.24, 2.45) is 0 Å². The topological polar surface area (TPSA) is 156 Å². The van der Waals surface area contributed by atoms with Crippen LogP contribution in [-0.4, -0.2) is 77.8 Å². The van der Waals surface area contributed by atoms with Crippen LogP contribution in [0.15, 0.2) is 34.7 Å². The van der Waals surface area contributed by atoms with Gasteiger partial charge in [0.1, 0.15) is 29.2 Å². The van der Waals surface area contributed by atoms with Gasteiger partial charge in [0.15, 0.2) is 28.5 Å². The van der Waals surface area contributed by atoms with Gasteiger partial charge in [0.05, 0.1) is 30.5 Å². The maximum atomic E-state index is 14.9. The van der Waals surface area contributed by atoms with Crippen LogP contribution >= 0.6 is 11.8 Å². The molecule has 8 aliphatic rings. The van der Waals surface area contributed by atoms with Gasteiger partial charge in [0, 0.05) is 77.0 Å². The standard InChI is InChI=1S/C42H40N4O9S/c1-19-12-24-27(32(48)33(19)50-5)30-31-37-29-28(36-35(52-18-53-36)20(2)34(29)54-21(3)47)25(46(31)41(15-43)14-40(24,4)45(30)16-41)13-51-39(49)42(17-56-37)38-23(10-11-44-42)22-8-6-7-9-26(22)55-38/h6-9,12,25,30-31,37,44,48H,10-11,13-14,16-18H2,1-5H3/t25-,30-,31+,37+,40?,41?,42+/m0/s1. The van der Waals surface area contributed by atoms with Crippen molar-refractivity contribution in [3.63, 3.8) is 0 Å². The summed E-state index contributed by atoms with van der Waals surface area (Å²) in [5.74, 6) is 1.57. The summed E-state index contributed by atoms with van der Waals surface area (Å²) in [6.07, 6.45) is 1.11. The molecule has 0 radical (unpaired) electrons. The van der Waals surface area contributed by atoms with E-state index >= 15 is 0 Å². The first-order chi connectivity index (χ1) is 27.0. The Bertz CT molecular complexity index is 2510. The number of para-hydroxylation sites is 1. The number of aromatic hydroxyl groups is 1. The minimum absolute atomic E-state index is 0.0417.